The second kappa shape index (κ2) is 3.92. The summed E-state index contributed by atoms with van der Waals surface area (Å²) in [4.78, 5) is 0. The summed E-state index contributed by atoms with van der Waals surface area (Å²) in [5.41, 5.74) is 1.08. The number of nitrogens with zero attached hydrogens (tertiary/aromatic N) is 2. The summed E-state index contributed by atoms with van der Waals surface area (Å²) in [5.74, 6) is 0. The van der Waals surface area contributed by atoms with E-state index in [0.29, 0.717) is 6.10 Å². The van der Waals surface area contributed by atoms with Gasteiger partial charge in [0.2, 0.25) is 0 Å². The molecule has 13 heavy (non-hydrogen) atoms. The number of rotatable bonds is 2. The molecular weight excluding hydrogens is 164 g/mol. The minimum atomic E-state index is 0.382. The lowest BCUT2D eigenvalue weighted by molar-refractivity contribution is 0.00396. The lowest BCUT2D eigenvalue weighted by atomic mass is 10.1. The number of hydrogen-bond donors (Lipinski definition) is 0. The quantitative estimate of drug-likeness (QED) is 0.693. The molecule has 0 spiro atoms. The molecule has 0 aliphatic carbocycles. The Bertz CT molecular complexity index is 264. The van der Waals surface area contributed by atoms with E-state index in [0.717, 1.165) is 18.8 Å². The second-order valence-electron chi connectivity index (χ2n) is 3.67. The smallest absolute Gasteiger partial charge is 0.0770 e. The van der Waals surface area contributed by atoms with Gasteiger partial charge in [-0.2, -0.15) is 5.10 Å². The monoisotopic (exact) mass is 180 g/mol. The molecule has 0 amide bonds. The molecule has 1 saturated heterocycles. The summed E-state index contributed by atoms with van der Waals surface area (Å²) in [6.07, 6.45) is 6.10. The van der Waals surface area contributed by atoms with Gasteiger partial charge in [0.15, 0.2) is 0 Å². The van der Waals surface area contributed by atoms with Gasteiger partial charge in [-0.1, -0.05) is 0 Å². The highest BCUT2D eigenvalue weighted by molar-refractivity contribution is 4.94. The van der Waals surface area contributed by atoms with Crippen LogP contribution in [0.4, 0.5) is 0 Å². The Kier molecular flexibility index (Phi) is 2.64. The summed E-state index contributed by atoms with van der Waals surface area (Å²) in [7, 11) is 0. The first-order valence-electron chi connectivity index (χ1n) is 4.96. The van der Waals surface area contributed by atoms with Crippen LogP contribution in [-0.2, 0) is 11.3 Å². The maximum atomic E-state index is 5.63. The standard InChI is InChI=1S/C10H16N2O/c1-9-5-6-12(11-9)8-10-4-2-3-7-13-10/h5-6,10H,2-4,7-8H2,1H3. The minimum absolute atomic E-state index is 0.382. The number of hydrogen-bond acceptors (Lipinski definition) is 2. The molecule has 0 radical (unpaired) electrons. The molecule has 0 bridgehead atoms. The van der Waals surface area contributed by atoms with Gasteiger partial charge in [-0.15, -0.1) is 0 Å². The second-order valence-corrected chi connectivity index (χ2v) is 3.67. The first kappa shape index (κ1) is 8.75. The Labute approximate surface area is 78.7 Å². The van der Waals surface area contributed by atoms with Gasteiger partial charge in [0.05, 0.1) is 18.3 Å². The Morgan fingerprint density at radius 1 is 1.62 bits per heavy atom. The van der Waals surface area contributed by atoms with Crippen LogP contribution in [0.25, 0.3) is 0 Å². The molecule has 1 atom stereocenters. The maximum Gasteiger partial charge on any atom is 0.0770 e. The summed E-state index contributed by atoms with van der Waals surface area (Å²) < 4.78 is 7.61. The summed E-state index contributed by atoms with van der Waals surface area (Å²) in [6.45, 7) is 3.84. The third-order valence-corrected chi connectivity index (χ3v) is 2.44. The molecule has 2 heterocycles. The van der Waals surface area contributed by atoms with Crippen LogP contribution < -0.4 is 0 Å². The van der Waals surface area contributed by atoms with Gasteiger partial charge in [0.1, 0.15) is 0 Å². The van der Waals surface area contributed by atoms with Crippen LogP contribution in [0.1, 0.15) is 25.0 Å². The minimum Gasteiger partial charge on any atom is -0.376 e. The Balaban J connectivity index is 1.89. The summed E-state index contributed by atoms with van der Waals surface area (Å²) in [5, 5.41) is 4.34. The molecule has 0 saturated carbocycles. The number of aryl methyl sites for hydroxylation is 1. The zero-order chi connectivity index (χ0) is 9.10. The van der Waals surface area contributed by atoms with E-state index in [2.05, 4.69) is 5.10 Å². The highest BCUT2D eigenvalue weighted by Crippen LogP contribution is 2.14. The van der Waals surface area contributed by atoms with Gasteiger partial charge < -0.3 is 4.74 Å². The van der Waals surface area contributed by atoms with Crippen molar-refractivity contribution in [1.82, 2.24) is 9.78 Å². The fourth-order valence-electron chi connectivity index (χ4n) is 1.72. The van der Waals surface area contributed by atoms with Crippen molar-refractivity contribution in [2.75, 3.05) is 6.61 Å². The van der Waals surface area contributed by atoms with Gasteiger partial charge >= 0.3 is 0 Å². The van der Waals surface area contributed by atoms with E-state index in [1.807, 2.05) is 23.9 Å². The van der Waals surface area contributed by atoms with Crippen molar-refractivity contribution in [1.29, 1.82) is 0 Å². The first-order valence-corrected chi connectivity index (χ1v) is 4.96. The van der Waals surface area contributed by atoms with Crippen LogP contribution in [0.2, 0.25) is 0 Å². The molecule has 3 nitrogen and oxygen atoms in total. The molecule has 3 heteroatoms. The Morgan fingerprint density at radius 2 is 2.54 bits per heavy atom. The number of aromatic nitrogens is 2. The van der Waals surface area contributed by atoms with E-state index in [1.54, 1.807) is 0 Å². The van der Waals surface area contributed by atoms with Crippen LogP contribution in [-0.4, -0.2) is 22.5 Å². The lowest BCUT2D eigenvalue weighted by Crippen LogP contribution is -2.24. The highest BCUT2D eigenvalue weighted by atomic mass is 16.5. The van der Waals surface area contributed by atoms with Crippen LogP contribution in [0.3, 0.4) is 0 Å². The van der Waals surface area contributed by atoms with E-state index in [4.69, 9.17) is 4.74 Å². The topological polar surface area (TPSA) is 27.1 Å². The zero-order valence-electron chi connectivity index (χ0n) is 8.07. The van der Waals surface area contributed by atoms with E-state index in [9.17, 15) is 0 Å². The van der Waals surface area contributed by atoms with Gasteiger partial charge in [-0.25, -0.2) is 0 Å². The molecule has 0 aromatic carbocycles. The van der Waals surface area contributed by atoms with E-state index in [-0.39, 0.29) is 0 Å². The van der Waals surface area contributed by atoms with Crippen molar-refractivity contribution < 1.29 is 4.74 Å². The van der Waals surface area contributed by atoms with E-state index < -0.39 is 0 Å². The Morgan fingerprint density at radius 3 is 3.15 bits per heavy atom. The predicted molar refractivity (Wildman–Crippen MR) is 50.6 cm³/mol. The summed E-state index contributed by atoms with van der Waals surface area (Å²) >= 11 is 0. The largest absolute Gasteiger partial charge is 0.376 e. The molecule has 1 aromatic rings. The van der Waals surface area contributed by atoms with Gasteiger partial charge in [0, 0.05) is 12.8 Å². The van der Waals surface area contributed by atoms with Crippen molar-refractivity contribution in [2.24, 2.45) is 0 Å². The fraction of sp³-hybridized carbons (Fsp3) is 0.700. The molecule has 1 unspecified atom stereocenters. The maximum absolute atomic E-state index is 5.63. The van der Waals surface area contributed by atoms with Gasteiger partial charge in [-0.3, -0.25) is 4.68 Å². The molecular formula is C10H16N2O. The van der Waals surface area contributed by atoms with Crippen LogP contribution in [0.5, 0.6) is 0 Å². The summed E-state index contributed by atoms with van der Waals surface area (Å²) in [6, 6.07) is 2.03. The molecule has 2 rings (SSSR count). The number of ether oxygens (including phenoxy) is 1. The van der Waals surface area contributed by atoms with Gasteiger partial charge in [0.25, 0.3) is 0 Å². The SMILES string of the molecule is Cc1ccn(CC2CCCCO2)n1. The fourth-order valence-corrected chi connectivity index (χ4v) is 1.72. The lowest BCUT2D eigenvalue weighted by Gasteiger charge is -2.22. The van der Waals surface area contributed by atoms with Crippen LogP contribution in [0.15, 0.2) is 12.3 Å². The highest BCUT2D eigenvalue weighted by Gasteiger charge is 2.14. The third-order valence-electron chi connectivity index (χ3n) is 2.44. The average molecular weight is 180 g/mol. The molecule has 0 N–H and O–H groups in total. The van der Waals surface area contributed by atoms with Crippen molar-refractivity contribution in [3.8, 4) is 0 Å². The average Bonchev–Trinajstić information content (AvgIpc) is 2.53. The van der Waals surface area contributed by atoms with Gasteiger partial charge in [-0.05, 0) is 32.3 Å². The first-order chi connectivity index (χ1) is 6.34. The third kappa shape index (κ3) is 2.31. The van der Waals surface area contributed by atoms with Crippen molar-refractivity contribution in [2.45, 2.75) is 38.8 Å². The van der Waals surface area contributed by atoms with E-state index in [1.165, 1.54) is 19.3 Å². The molecule has 1 aliphatic rings. The van der Waals surface area contributed by atoms with Crippen molar-refractivity contribution in [3.63, 3.8) is 0 Å². The van der Waals surface area contributed by atoms with Crippen molar-refractivity contribution >= 4 is 0 Å². The molecule has 72 valence electrons. The Hall–Kier alpha value is -0.830. The predicted octanol–water partition coefficient (Wildman–Crippen LogP) is 1.76. The van der Waals surface area contributed by atoms with E-state index >= 15 is 0 Å². The van der Waals surface area contributed by atoms with Crippen LogP contribution in [0, 0.1) is 6.92 Å². The molecule has 1 fully saturated rings. The zero-order valence-corrected chi connectivity index (χ0v) is 8.07. The normalized spacial score (nSPS) is 23.3. The van der Waals surface area contributed by atoms with Crippen LogP contribution >= 0.6 is 0 Å². The molecule has 1 aliphatic heterocycles. The van der Waals surface area contributed by atoms with Crippen molar-refractivity contribution in [3.05, 3.63) is 18.0 Å². The molecule has 1 aromatic heterocycles.